The van der Waals surface area contributed by atoms with Gasteiger partial charge >= 0.3 is 0 Å². The number of benzene rings is 2. The van der Waals surface area contributed by atoms with E-state index in [-0.39, 0.29) is 16.9 Å². The molecule has 3 rings (SSSR count). The molecule has 132 valence electrons. The van der Waals surface area contributed by atoms with Crippen molar-refractivity contribution in [2.75, 3.05) is 20.8 Å². The lowest BCUT2D eigenvalue weighted by Gasteiger charge is -2.15. The Balaban J connectivity index is 2.21. The first kappa shape index (κ1) is 17.1. The number of hydrogen-bond donors (Lipinski definition) is 0. The predicted molar refractivity (Wildman–Crippen MR) is 95.1 cm³/mol. The first-order valence-electron chi connectivity index (χ1n) is 8.22. The summed E-state index contributed by atoms with van der Waals surface area (Å²) >= 11 is 0. The summed E-state index contributed by atoms with van der Waals surface area (Å²) in [5, 5.41) is 0. The van der Waals surface area contributed by atoms with E-state index >= 15 is 0 Å². The van der Waals surface area contributed by atoms with Crippen molar-refractivity contribution in [1.29, 1.82) is 0 Å². The third kappa shape index (κ3) is 2.99. The third-order valence-corrected chi connectivity index (χ3v) is 4.07. The number of ether oxygens (including phenoxy) is 3. The van der Waals surface area contributed by atoms with Gasteiger partial charge in [-0.05, 0) is 25.5 Å². The zero-order chi connectivity index (χ0) is 18.0. The number of rotatable bonds is 6. The van der Waals surface area contributed by atoms with Gasteiger partial charge < -0.3 is 18.6 Å². The molecule has 0 bridgehead atoms. The van der Waals surface area contributed by atoms with E-state index in [9.17, 15) is 4.79 Å². The standard InChI is InChI=1S/C19H21NO5/c1-5-6-9-24-12-7-8-14-13(10-12)20-15-17(25-14)11(2)16(21)19(23-4)18(15)22-3/h7-8,10H,5-6,9H2,1-4H3. The minimum Gasteiger partial charge on any atom is -0.494 e. The van der Waals surface area contributed by atoms with Crippen LogP contribution in [0, 0.1) is 6.92 Å². The molecule has 0 atom stereocenters. The quantitative estimate of drug-likeness (QED) is 0.501. The summed E-state index contributed by atoms with van der Waals surface area (Å²) in [5.41, 5.74) is 1.82. The van der Waals surface area contributed by atoms with Gasteiger partial charge in [-0.25, -0.2) is 4.98 Å². The second kappa shape index (κ2) is 7.01. The second-order valence-electron chi connectivity index (χ2n) is 5.74. The highest BCUT2D eigenvalue weighted by Gasteiger charge is 2.26. The second-order valence-corrected chi connectivity index (χ2v) is 5.74. The van der Waals surface area contributed by atoms with Crippen LogP contribution in [0.25, 0.3) is 22.6 Å². The molecule has 1 aromatic carbocycles. The average Bonchev–Trinajstić information content (AvgIpc) is 2.63. The smallest absolute Gasteiger partial charge is 0.231 e. The van der Waals surface area contributed by atoms with Gasteiger partial charge in [0.1, 0.15) is 11.3 Å². The van der Waals surface area contributed by atoms with Crippen molar-refractivity contribution in [3.8, 4) is 28.7 Å². The molecule has 1 heterocycles. The highest BCUT2D eigenvalue weighted by Crippen LogP contribution is 2.39. The normalized spacial score (nSPS) is 11.0. The highest BCUT2D eigenvalue weighted by atomic mass is 16.5. The first-order valence-corrected chi connectivity index (χ1v) is 8.22. The lowest BCUT2D eigenvalue weighted by atomic mass is 10.1. The Labute approximate surface area is 145 Å². The summed E-state index contributed by atoms with van der Waals surface area (Å²) in [6.45, 7) is 4.46. The van der Waals surface area contributed by atoms with Crippen LogP contribution in [-0.4, -0.2) is 25.8 Å². The molecule has 0 aromatic heterocycles. The van der Waals surface area contributed by atoms with E-state index in [1.54, 1.807) is 13.0 Å². The molecule has 0 saturated carbocycles. The molecular weight excluding hydrogens is 322 g/mol. The maximum Gasteiger partial charge on any atom is 0.231 e. The molecule has 6 heteroatoms. The molecule has 1 aliphatic heterocycles. The van der Waals surface area contributed by atoms with Crippen LogP contribution in [0.3, 0.4) is 0 Å². The Morgan fingerprint density at radius 3 is 2.60 bits per heavy atom. The van der Waals surface area contributed by atoms with Crippen LogP contribution in [0.1, 0.15) is 25.3 Å². The Hall–Kier alpha value is -2.76. The van der Waals surface area contributed by atoms with Crippen molar-refractivity contribution in [2.24, 2.45) is 0 Å². The van der Waals surface area contributed by atoms with Crippen molar-refractivity contribution < 1.29 is 18.6 Å². The van der Waals surface area contributed by atoms with Crippen LogP contribution in [0.4, 0.5) is 0 Å². The number of unbranched alkanes of at least 4 members (excludes halogenated alkanes) is 1. The summed E-state index contributed by atoms with van der Waals surface area (Å²) in [4.78, 5) is 17.0. The minimum absolute atomic E-state index is 0.130. The zero-order valence-electron chi connectivity index (χ0n) is 14.8. The lowest BCUT2D eigenvalue weighted by molar-refractivity contribution is 0.309. The van der Waals surface area contributed by atoms with Crippen LogP contribution < -0.4 is 19.6 Å². The summed E-state index contributed by atoms with van der Waals surface area (Å²) in [7, 11) is 2.91. The largest absolute Gasteiger partial charge is 0.494 e. The van der Waals surface area contributed by atoms with Crippen molar-refractivity contribution >= 4 is 11.1 Å². The molecule has 2 aliphatic rings. The molecule has 25 heavy (non-hydrogen) atoms. The van der Waals surface area contributed by atoms with Crippen LogP contribution in [0.2, 0.25) is 0 Å². The van der Waals surface area contributed by atoms with Gasteiger partial charge in [0, 0.05) is 11.6 Å². The van der Waals surface area contributed by atoms with E-state index < -0.39 is 0 Å². The molecular formula is C19H21NO5. The van der Waals surface area contributed by atoms with Gasteiger partial charge in [0.05, 0.1) is 20.8 Å². The Morgan fingerprint density at radius 2 is 1.92 bits per heavy atom. The molecule has 0 N–H and O–H groups in total. The maximum absolute atomic E-state index is 12.4. The van der Waals surface area contributed by atoms with Crippen molar-refractivity contribution in [1.82, 2.24) is 4.98 Å². The van der Waals surface area contributed by atoms with Crippen LogP contribution in [0.5, 0.6) is 17.2 Å². The topological polar surface area (TPSA) is 70.8 Å². The van der Waals surface area contributed by atoms with E-state index in [4.69, 9.17) is 18.6 Å². The third-order valence-electron chi connectivity index (χ3n) is 4.07. The number of nitrogens with zero attached hydrogens (tertiary/aromatic N) is 1. The molecule has 1 aromatic rings. The lowest BCUT2D eigenvalue weighted by Crippen LogP contribution is -2.14. The van der Waals surface area contributed by atoms with E-state index in [0.717, 1.165) is 18.6 Å². The summed E-state index contributed by atoms with van der Waals surface area (Å²) < 4.78 is 22.2. The van der Waals surface area contributed by atoms with Gasteiger partial charge in [0.15, 0.2) is 22.8 Å². The van der Waals surface area contributed by atoms with Gasteiger partial charge in [-0.1, -0.05) is 13.3 Å². The van der Waals surface area contributed by atoms with Crippen molar-refractivity contribution in [3.63, 3.8) is 0 Å². The summed E-state index contributed by atoms with van der Waals surface area (Å²) in [5.74, 6) is 1.53. The number of aromatic nitrogens is 1. The van der Waals surface area contributed by atoms with Crippen LogP contribution in [0.15, 0.2) is 27.4 Å². The molecule has 0 saturated heterocycles. The minimum atomic E-state index is -0.267. The Bertz CT molecular complexity index is 931. The van der Waals surface area contributed by atoms with E-state index in [0.29, 0.717) is 34.7 Å². The number of fused-ring (bicyclic) bond motifs is 2. The van der Waals surface area contributed by atoms with E-state index in [1.165, 1.54) is 14.2 Å². The van der Waals surface area contributed by atoms with Crippen LogP contribution >= 0.6 is 0 Å². The van der Waals surface area contributed by atoms with Gasteiger partial charge in [0.2, 0.25) is 11.2 Å². The van der Waals surface area contributed by atoms with Crippen LogP contribution in [-0.2, 0) is 0 Å². The van der Waals surface area contributed by atoms with Gasteiger partial charge in [-0.15, -0.1) is 0 Å². The number of methoxy groups -OCH3 is 2. The Kier molecular flexibility index (Phi) is 4.79. The fraction of sp³-hybridized carbons (Fsp3) is 0.368. The SMILES string of the molecule is CCCCOc1ccc2oc3c(C)c(=O)c(OC)c(OC)c-3nc2c1. The molecule has 0 unspecified atom stereocenters. The van der Waals surface area contributed by atoms with Crippen molar-refractivity contribution in [3.05, 3.63) is 34.0 Å². The molecule has 0 spiro atoms. The van der Waals surface area contributed by atoms with Gasteiger partial charge in [-0.3, -0.25) is 4.79 Å². The fourth-order valence-electron chi connectivity index (χ4n) is 2.69. The molecule has 0 radical (unpaired) electrons. The molecule has 0 amide bonds. The van der Waals surface area contributed by atoms with E-state index in [2.05, 4.69) is 11.9 Å². The summed E-state index contributed by atoms with van der Waals surface area (Å²) in [6.07, 6.45) is 2.06. The first-order chi connectivity index (χ1) is 12.1. The molecule has 1 aliphatic carbocycles. The molecule has 0 fully saturated rings. The fourth-order valence-corrected chi connectivity index (χ4v) is 2.69. The molecule has 6 nitrogen and oxygen atoms in total. The number of hydrogen-bond acceptors (Lipinski definition) is 6. The predicted octanol–water partition coefficient (Wildman–Crippen LogP) is 3.80. The van der Waals surface area contributed by atoms with E-state index in [1.807, 2.05) is 12.1 Å². The summed E-state index contributed by atoms with van der Waals surface area (Å²) in [6, 6.07) is 5.45. The average molecular weight is 343 g/mol. The maximum atomic E-state index is 12.4. The van der Waals surface area contributed by atoms with Gasteiger partial charge in [0.25, 0.3) is 0 Å². The van der Waals surface area contributed by atoms with Gasteiger partial charge in [-0.2, -0.15) is 0 Å². The zero-order valence-corrected chi connectivity index (χ0v) is 14.8. The Morgan fingerprint density at radius 1 is 1.16 bits per heavy atom. The van der Waals surface area contributed by atoms with Crippen molar-refractivity contribution in [2.45, 2.75) is 26.7 Å². The highest BCUT2D eigenvalue weighted by molar-refractivity contribution is 5.81. The monoisotopic (exact) mass is 343 g/mol.